The molecule has 0 amide bonds. The number of carbonyl (C=O) groups is 1. The predicted octanol–water partition coefficient (Wildman–Crippen LogP) is 4.48. The van der Waals surface area contributed by atoms with Crippen molar-refractivity contribution in [1.82, 2.24) is 15.0 Å². The first-order valence-electron chi connectivity index (χ1n) is 9.69. The Balaban J connectivity index is 2.28. The van der Waals surface area contributed by atoms with Crippen molar-refractivity contribution >= 4 is 17.0 Å². The molecule has 1 atom stereocenters. The van der Waals surface area contributed by atoms with Crippen molar-refractivity contribution in [3.8, 4) is 0 Å². The van der Waals surface area contributed by atoms with Crippen molar-refractivity contribution in [2.45, 2.75) is 47.0 Å². The van der Waals surface area contributed by atoms with Gasteiger partial charge in [0.15, 0.2) is 0 Å². The fraction of sp³-hybridized carbons (Fsp3) is 0.435. The first kappa shape index (κ1) is 20.1. The van der Waals surface area contributed by atoms with Gasteiger partial charge in [0.2, 0.25) is 0 Å². The zero-order valence-corrected chi connectivity index (χ0v) is 17.8. The van der Waals surface area contributed by atoms with Gasteiger partial charge in [-0.05, 0) is 68.0 Å². The number of fused-ring (bicyclic) bond motifs is 1. The van der Waals surface area contributed by atoms with Crippen LogP contribution in [0.25, 0.3) is 11.0 Å². The number of rotatable bonds is 5. The molecule has 1 heterocycles. The van der Waals surface area contributed by atoms with Gasteiger partial charge in [0.05, 0.1) is 18.0 Å². The summed E-state index contributed by atoms with van der Waals surface area (Å²) in [6.07, 6.45) is 0.952. The maximum absolute atomic E-state index is 12.8. The van der Waals surface area contributed by atoms with E-state index in [0.717, 1.165) is 34.1 Å². The number of nitrogens with zero attached hydrogens (tertiary/aromatic N) is 3. The topological polar surface area (TPSA) is 57.0 Å². The van der Waals surface area contributed by atoms with Crippen LogP contribution >= 0.6 is 0 Å². The minimum atomic E-state index is -0.740. The molecule has 5 heteroatoms. The van der Waals surface area contributed by atoms with Crippen LogP contribution in [0.4, 0.5) is 0 Å². The van der Waals surface area contributed by atoms with Crippen LogP contribution in [-0.2, 0) is 23.0 Å². The number of ether oxygens (including phenoxy) is 1. The van der Waals surface area contributed by atoms with Crippen LogP contribution in [0.15, 0.2) is 30.3 Å². The van der Waals surface area contributed by atoms with Gasteiger partial charge in [-0.15, -0.1) is 5.10 Å². The monoisotopic (exact) mass is 379 g/mol. The van der Waals surface area contributed by atoms with E-state index in [1.165, 1.54) is 18.2 Å². The van der Waals surface area contributed by atoms with E-state index < -0.39 is 5.41 Å². The lowest BCUT2D eigenvalue weighted by atomic mass is 9.69. The summed E-state index contributed by atoms with van der Waals surface area (Å²) in [5.41, 5.74) is 6.91. The summed E-state index contributed by atoms with van der Waals surface area (Å²) >= 11 is 0. The molecule has 0 radical (unpaired) electrons. The molecule has 2 aromatic carbocycles. The van der Waals surface area contributed by atoms with E-state index >= 15 is 0 Å². The quantitative estimate of drug-likeness (QED) is 0.613. The van der Waals surface area contributed by atoms with E-state index in [4.69, 9.17) is 4.74 Å². The second-order valence-electron chi connectivity index (χ2n) is 8.05. The maximum Gasteiger partial charge on any atom is 0.312 e. The minimum Gasteiger partial charge on any atom is -0.469 e. The summed E-state index contributed by atoms with van der Waals surface area (Å²) in [5, 5.41) is 8.50. The highest BCUT2D eigenvalue weighted by molar-refractivity contribution is 5.82. The number of methoxy groups -OCH3 is 1. The SMILES string of the molecule is CCc1cc(C(c2ccc3c(nnn3C)c2C)C(C)(C)C(=O)OC)ccc1C. The Morgan fingerprint density at radius 3 is 2.57 bits per heavy atom. The zero-order chi connectivity index (χ0) is 20.6. The highest BCUT2D eigenvalue weighted by Crippen LogP contribution is 2.44. The molecule has 0 aliphatic heterocycles. The van der Waals surface area contributed by atoms with Gasteiger partial charge in [-0.2, -0.15) is 0 Å². The van der Waals surface area contributed by atoms with Gasteiger partial charge >= 0.3 is 5.97 Å². The molecule has 0 saturated carbocycles. The summed E-state index contributed by atoms with van der Waals surface area (Å²) in [6.45, 7) is 10.2. The molecule has 148 valence electrons. The van der Waals surface area contributed by atoms with Crippen molar-refractivity contribution in [3.63, 3.8) is 0 Å². The molecule has 3 rings (SSSR count). The first-order chi connectivity index (χ1) is 13.2. The van der Waals surface area contributed by atoms with Crippen LogP contribution < -0.4 is 0 Å². The van der Waals surface area contributed by atoms with Crippen LogP contribution in [0, 0.1) is 19.3 Å². The first-order valence-corrected chi connectivity index (χ1v) is 9.69. The normalized spacial score (nSPS) is 13.0. The van der Waals surface area contributed by atoms with E-state index in [9.17, 15) is 4.79 Å². The molecule has 0 spiro atoms. The van der Waals surface area contributed by atoms with Crippen LogP contribution in [0.1, 0.15) is 54.5 Å². The fourth-order valence-electron chi connectivity index (χ4n) is 4.18. The number of aromatic nitrogens is 3. The molecule has 0 aliphatic rings. The van der Waals surface area contributed by atoms with Crippen molar-refractivity contribution in [3.05, 3.63) is 58.1 Å². The Morgan fingerprint density at radius 2 is 1.93 bits per heavy atom. The zero-order valence-electron chi connectivity index (χ0n) is 17.8. The van der Waals surface area contributed by atoms with Crippen LogP contribution in [0.3, 0.4) is 0 Å². The van der Waals surface area contributed by atoms with Crippen molar-refractivity contribution in [1.29, 1.82) is 0 Å². The van der Waals surface area contributed by atoms with E-state index in [0.29, 0.717) is 0 Å². The molecule has 1 aromatic heterocycles. The average Bonchev–Trinajstić information content (AvgIpc) is 3.05. The highest BCUT2D eigenvalue weighted by atomic mass is 16.5. The highest BCUT2D eigenvalue weighted by Gasteiger charge is 2.41. The minimum absolute atomic E-state index is 0.155. The number of esters is 1. The van der Waals surface area contributed by atoms with Gasteiger partial charge in [-0.25, -0.2) is 4.68 Å². The lowest BCUT2D eigenvalue weighted by Crippen LogP contribution is -2.34. The number of carbonyl (C=O) groups excluding carboxylic acids is 1. The fourth-order valence-corrected chi connectivity index (χ4v) is 4.18. The summed E-state index contributed by atoms with van der Waals surface area (Å²) in [4.78, 5) is 12.8. The largest absolute Gasteiger partial charge is 0.469 e. The second-order valence-corrected chi connectivity index (χ2v) is 8.05. The van der Waals surface area contributed by atoms with E-state index in [1.54, 1.807) is 4.68 Å². The number of hydrogen-bond acceptors (Lipinski definition) is 4. The summed E-state index contributed by atoms with van der Waals surface area (Å²) in [5.74, 6) is -0.382. The molecule has 0 aliphatic carbocycles. The Kier molecular flexibility index (Phi) is 5.28. The predicted molar refractivity (Wildman–Crippen MR) is 111 cm³/mol. The molecule has 0 saturated heterocycles. The van der Waals surface area contributed by atoms with Gasteiger partial charge in [-0.3, -0.25) is 4.79 Å². The molecule has 28 heavy (non-hydrogen) atoms. The van der Waals surface area contributed by atoms with E-state index in [1.807, 2.05) is 27.0 Å². The molecular weight excluding hydrogens is 350 g/mol. The number of aryl methyl sites for hydroxylation is 4. The molecule has 3 aromatic rings. The third-order valence-electron chi connectivity index (χ3n) is 5.91. The van der Waals surface area contributed by atoms with Gasteiger partial charge in [0.1, 0.15) is 5.52 Å². The number of benzene rings is 2. The summed E-state index contributed by atoms with van der Waals surface area (Å²) in [7, 11) is 3.34. The molecule has 0 N–H and O–H groups in total. The molecule has 0 fully saturated rings. The third-order valence-corrected chi connectivity index (χ3v) is 5.91. The average molecular weight is 380 g/mol. The second kappa shape index (κ2) is 7.38. The molecule has 5 nitrogen and oxygen atoms in total. The standard InChI is InChI=1S/C23H29N3O2/c1-8-16-13-17(10-9-14(16)2)20(23(4,5)22(27)28-7)18-11-12-19-21(15(18)3)24-25-26(19)6/h9-13,20H,8H2,1-7H3. The summed E-state index contributed by atoms with van der Waals surface area (Å²) < 4.78 is 6.95. The van der Waals surface area contributed by atoms with Gasteiger partial charge in [0.25, 0.3) is 0 Å². The van der Waals surface area contributed by atoms with Crippen LogP contribution in [-0.4, -0.2) is 28.1 Å². The van der Waals surface area contributed by atoms with E-state index in [2.05, 4.69) is 55.3 Å². The Bertz CT molecular complexity index is 1030. The Labute approximate surface area is 166 Å². The van der Waals surface area contributed by atoms with Crippen molar-refractivity contribution in [2.24, 2.45) is 12.5 Å². The van der Waals surface area contributed by atoms with Crippen LogP contribution in [0.5, 0.6) is 0 Å². The van der Waals surface area contributed by atoms with Gasteiger partial charge in [-0.1, -0.05) is 36.4 Å². The van der Waals surface area contributed by atoms with Gasteiger partial charge < -0.3 is 4.74 Å². The lowest BCUT2D eigenvalue weighted by molar-refractivity contribution is -0.151. The molecular formula is C23H29N3O2. The molecule has 1 unspecified atom stereocenters. The third kappa shape index (κ3) is 3.19. The van der Waals surface area contributed by atoms with Crippen molar-refractivity contribution < 1.29 is 9.53 Å². The maximum atomic E-state index is 12.8. The smallest absolute Gasteiger partial charge is 0.312 e. The van der Waals surface area contributed by atoms with Crippen LogP contribution in [0.2, 0.25) is 0 Å². The molecule has 0 bridgehead atoms. The lowest BCUT2D eigenvalue weighted by Gasteiger charge is -2.34. The van der Waals surface area contributed by atoms with Crippen molar-refractivity contribution in [2.75, 3.05) is 7.11 Å². The summed E-state index contributed by atoms with van der Waals surface area (Å²) in [6, 6.07) is 10.6. The van der Waals surface area contributed by atoms with Gasteiger partial charge in [0, 0.05) is 13.0 Å². The van der Waals surface area contributed by atoms with E-state index in [-0.39, 0.29) is 11.9 Å². The number of hydrogen-bond donors (Lipinski definition) is 0. The Morgan fingerprint density at radius 1 is 1.21 bits per heavy atom. The Hall–Kier alpha value is -2.69.